The minimum Gasteiger partial charge on any atom is -0.373 e. The van der Waals surface area contributed by atoms with Gasteiger partial charge in [0.05, 0.1) is 18.0 Å². The third-order valence-corrected chi connectivity index (χ3v) is 5.22. The maximum atomic E-state index is 5.94. The number of pyridine rings is 1. The highest BCUT2D eigenvalue weighted by Gasteiger charge is 2.23. The lowest BCUT2D eigenvalue weighted by atomic mass is 10.0. The molecule has 0 saturated carbocycles. The summed E-state index contributed by atoms with van der Waals surface area (Å²) in [6.45, 7) is 0.805. The van der Waals surface area contributed by atoms with Gasteiger partial charge in [-0.05, 0) is 24.5 Å². The van der Waals surface area contributed by atoms with Crippen molar-refractivity contribution in [1.29, 1.82) is 0 Å². The van der Waals surface area contributed by atoms with Gasteiger partial charge in [0, 0.05) is 37.7 Å². The Bertz CT molecular complexity index is 1120. The Labute approximate surface area is 163 Å². The van der Waals surface area contributed by atoms with Gasteiger partial charge >= 0.3 is 0 Å². The van der Waals surface area contributed by atoms with Crippen LogP contribution < -0.4 is 5.32 Å². The number of hydrogen-bond acceptors (Lipinski definition) is 5. The highest BCUT2D eigenvalue weighted by atomic mass is 16.5. The van der Waals surface area contributed by atoms with Crippen LogP contribution in [0.4, 0.5) is 11.6 Å². The van der Waals surface area contributed by atoms with E-state index in [1.165, 1.54) is 0 Å². The number of hydrogen-bond donors (Lipinski definition) is 1. The van der Waals surface area contributed by atoms with Gasteiger partial charge in [-0.2, -0.15) is 10.2 Å². The van der Waals surface area contributed by atoms with Gasteiger partial charge in [0.2, 0.25) is 0 Å². The molecule has 3 aromatic heterocycles. The molecule has 7 heteroatoms. The van der Waals surface area contributed by atoms with Crippen molar-refractivity contribution in [2.45, 2.75) is 18.9 Å². The van der Waals surface area contributed by atoms with E-state index in [4.69, 9.17) is 9.72 Å². The summed E-state index contributed by atoms with van der Waals surface area (Å²) in [4.78, 5) is 4.78. The molecule has 1 saturated heterocycles. The van der Waals surface area contributed by atoms with Crippen LogP contribution in [-0.4, -0.2) is 31.2 Å². The second-order valence-electron chi connectivity index (χ2n) is 7.13. The van der Waals surface area contributed by atoms with Crippen LogP contribution in [0.3, 0.4) is 0 Å². The van der Waals surface area contributed by atoms with Gasteiger partial charge in [0.1, 0.15) is 11.6 Å². The standard InChI is InChI=1S/C21H22N6O/c1-26-20(12-17(25-26)14-7-4-3-5-8-14)23-19-11-15(18-9-6-10-28-18)16-13-22-27(2)21(16)24-19/h3-5,7-8,11-13,18H,6,9-10H2,1-2H3,(H,23,24)/t18-/m0/s1. The van der Waals surface area contributed by atoms with Crippen LogP contribution >= 0.6 is 0 Å². The van der Waals surface area contributed by atoms with Crippen LogP contribution in [0.1, 0.15) is 24.5 Å². The summed E-state index contributed by atoms with van der Waals surface area (Å²) < 4.78 is 9.58. The molecule has 7 nitrogen and oxygen atoms in total. The summed E-state index contributed by atoms with van der Waals surface area (Å²) in [5.74, 6) is 1.65. The highest BCUT2D eigenvalue weighted by Crippen LogP contribution is 2.35. The summed E-state index contributed by atoms with van der Waals surface area (Å²) in [6, 6.07) is 14.3. The third kappa shape index (κ3) is 2.93. The van der Waals surface area contributed by atoms with E-state index >= 15 is 0 Å². The van der Waals surface area contributed by atoms with E-state index in [0.717, 1.165) is 58.9 Å². The van der Waals surface area contributed by atoms with E-state index in [1.807, 2.05) is 49.2 Å². The number of fused-ring (bicyclic) bond motifs is 1. The van der Waals surface area contributed by atoms with Gasteiger partial charge in [-0.3, -0.25) is 9.36 Å². The lowest BCUT2D eigenvalue weighted by Gasteiger charge is -2.14. The number of nitrogens with one attached hydrogen (secondary N) is 1. The van der Waals surface area contributed by atoms with Crippen molar-refractivity contribution in [1.82, 2.24) is 24.5 Å². The summed E-state index contributed by atoms with van der Waals surface area (Å²) in [6.07, 6.45) is 4.08. The average molecular weight is 374 g/mol. The first-order chi connectivity index (χ1) is 13.7. The van der Waals surface area contributed by atoms with Crippen molar-refractivity contribution in [2.24, 2.45) is 14.1 Å². The molecule has 0 spiro atoms. The molecular formula is C21H22N6O. The second-order valence-corrected chi connectivity index (χ2v) is 7.13. The van der Waals surface area contributed by atoms with E-state index in [2.05, 4.69) is 33.7 Å². The Balaban J connectivity index is 1.53. The SMILES string of the molecule is Cn1nc(-c2ccccc2)cc1Nc1cc([C@@H]2CCCO2)c2cnn(C)c2n1. The van der Waals surface area contributed by atoms with E-state index in [1.54, 1.807) is 4.68 Å². The topological polar surface area (TPSA) is 69.8 Å². The van der Waals surface area contributed by atoms with E-state index in [-0.39, 0.29) is 6.10 Å². The maximum Gasteiger partial charge on any atom is 0.160 e. The molecule has 142 valence electrons. The van der Waals surface area contributed by atoms with Crippen LogP contribution in [0.25, 0.3) is 22.3 Å². The lowest BCUT2D eigenvalue weighted by Crippen LogP contribution is -2.05. The Morgan fingerprint density at radius 2 is 1.96 bits per heavy atom. The summed E-state index contributed by atoms with van der Waals surface area (Å²) >= 11 is 0. The van der Waals surface area contributed by atoms with Crippen molar-refractivity contribution in [2.75, 3.05) is 11.9 Å². The molecule has 4 aromatic rings. The number of nitrogens with zero attached hydrogens (tertiary/aromatic N) is 5. The predicted octanol–water partition coefficient (Wildman–Crippen LogP) is 3.96. The number of anilines is 2. The molecule has 1 atom stereocenters. The second kappa shape index (κ2) is 6.76. The molecule has 0 amide bonds. The number of benzene rings is 1. The fourth-order valence-corrected chi connectivity index (χ4v) is 3.76. The molecule has 1 aliphatic heterocycles. The zero-order valence-corrected chi connectivity index (χ0v) is 16.0. The molecule has 0 radical (unpaired) electrons. The number of aromatic nitrogens is 5. The molecule has 0 unspecified atom stereocenters. The van der Waals surface area contributed by atoms with E-state index < -0.39 is 0 Å². The average Bonchev–Trinajstić information content (AvgIpc) is 3.45. The van der Waals surface area contributed by atoms with E-state index in [0.29, 0.717) is 0 Å². The molecule has 1 aromatic carbocycles. The summed E-state index contributed by atoms with van der Waals surface area (Å²) in [5.41, 5.74) is 4.00. The fourth-order valence-electron chi connectivity index (χ4n) is 3.76. The first kappa shape index (κ1) is 16.9. The first-order valence-electron chi connectivity index (χ1n) is 9.50. The molecule has 28 heavy (non-hydrogen) atoms. The number of ether oxygens (including phenoxy) is 1. The Morgan fingerprint density at radius 1 is 1.11 bits per heavy atom. The van der Waals surface area contributed by atoms with Crippen LogP contribution in [0.2, 0.25) is 0 Å². The van der Waals surface area contributed by atoms with Crippen molar-refractivity contribution < 1.29 is 4.74 Å². The largest absolute Gasteiger partial charge is 0.373 e. The van der Waals surface area contributed by atoms with Gasteiger partial charge in [-0.1, -0.05) is 30.3 Å². The van der Waals surface area contributed by atoms with Crippen LogP contribution in [-0.2, 0) is 18.8 Å². The van der Waals surface area contributed by atoms with Crippen molar-refractivity contribution in [3.05, 3.63) is 54.2 Å². The van der Waals surface area contributed by atoms with Crippen molar-refractivity contribution in [3.63, 3.8) is 0 Å². The zero-order valence-electron chi connectivity index (χ0n) is 16.0. The van der Waals surface area contributed by atoms with Crippen LogP contribution in [0, 0.1) is 0 Å². The molecule has 1 fully saturated rings. The van der Waals surface area contributed by atoms with Crippen molar-refractivity contribution >= 4 is 22.7 Å². The number of rotatable bonds is 4. The van der Waals surface area contributed by atoms with Crippen LogP contribution in [0.15, 0.2) is 48.7 Å². The lowest BCUT2D eigenvalue weighted by molar-refractivity contribution is 0.113. The molecule has 5 rings (SSSR count). The fraction of sp³-hybridized carbons (Fsp3) is 0.286. The van der Waals surface area contributed by atoms with Crippen molar-refractivity contribution in [3.8, 4) is 11.3 Å². The zero-order chi connectivity index (χ0) is 19.1. The highest BCUT2D eigenvalue weighted by molar-refractivity contribution is 5.82. The third-order valence-electron chi connectivity index (χ3n) is 5.22. The predicted molar refractivity (Wildman–Crippen MR) is 108 cm³/mol. The first-order valence-corrected chi connectivity index (χ1v) is 9.50. The Morgan fingerprint density at radius 3 is 2.75 bits per heavy atom. The minimum atomic E-state index is 0.0988. The van der Waals surface area contributed by atoms with Gasteiger partial charge in [-0.15, -0.1) is 0 Å². The smallest absolute Gasteiger partial charge is 0.160 e. The Hall–Kier alpha value is -3.19. The number of aryl methyl sites for hydroxylation is 2. The van der Waals surface area contributed by atoms with Gasteiger partial charge in [-0.25, -0.2) is 4.98 Å². The summed E-state index contributed by atoms with van der Waals surface area (Å²) in [7, 11) is 3.84. The van der Waals surface area contributed by atoms with Gasteiger partial charge in [0.15, 0.2) is 5.65 Å². The summed E-state index contributed by atoms with van der Waals surface area (Å²) in [5, 5.41) is 13.5. The Kier molecular flexibility index (Phi) is 4.09. The molecule has 4 heterocycles. The molecule has 0 aliphatic carbocycles. The molecule has 0 bridgehead atoms. The van der Waals surface area contributed by atoms with E-state index in [9.17, 15) is 0 Å². The van der Waals surface area contributed by atoms with Gasteiger partial charge < -0.3 is 10.1 Å². The minimum absolute atomic E-state index is 0.0988. The molecular weight excluding hydrogens is 352 g/mol. The monoisotopic (exact) mass is 374 g/mol. The van der Waals surface area contributed by atoms with Crippen LogP contribution in [0.5, 0.6) is 0 Å². The van der Waals surface area contributed by atoms with Gasteiger partial charge in [0.25, 0.3) is 0 Å². The maximum absolute atomic E-state index is 5.94. The molecule has 1 N–H and O–H groups in total. The molecule has 1 aliphatic rings. The normalized spacial score (nSPS) is 16.7. The quantitative estimate of drug-likeness (QED) is 0.585.